The zero-order chi connectivity index (χ0) is 21.7. The molecule has 2 aromatic heterocycles. The van der Waals surface area contributed by atoms with Crippen LogP contribution in [-0.4, -0.2) is 51.1 Å². The van der Waals surface area contributed by atoms with Crippen LogP contribution in [0.5, 0.6) is 0 Å². The van der Waals surface area contributed by atoms with E-state index in [0.29, 0.717) is 12.1 Å². The van der Waals surface area contributed by atoms with Gasteiger partial charge in [0.1, 0.15) is 0 Å². The number of nitrogens with zero attached hydrogens (tertiary/aromatic N) is 4. The highest BCUT2D eigenvalue weighted by atomic mass is 16.5. The second kappa shape index (κ2) is 7.73. The van der Waals surface area contributed by atoms with Crippen molar-refractivity contribution in [2.24, 2.45) is 0 Å². The largest absolute Gasteiger partial charge is 0.375 e. The van der Waals surface area contributed by atoms with Crippen molar-refractivity contribution >= 4 is 10.9 Å². The van der Waals surface area contributed by atoms with E-state index in [1.165, 1.54) is 12.0 Å². The van der Waals surface area contributed by atoms with Gasteiger partial charge in [-0.15, -0.1) is 0 Å². The molecule has 0 N–H and O–H groups in total. The number of fused-ring (bicyclic) bond motifs is 3. The molecular weight excluding hydrogens is 400 g/mol. The van der Waals surface area contributed by atoms with Gasteiger partial charge in [0, 0.05) is 42.5 Å². The van der Waals surface area contributed by atoms with Crippen molar-refractivity contribution in [1.29, 1.82) is 0 Å². The van der Waals surface area contributed by atoms with Gasteiger partial charge in [-0.2, -0.15) is 5.10 Å². The summed E-state index contributed by atoms with van der Waals surface area (Å²) in [6.07, 6.45) is 5.34. The molecule has 0 amide bonds. The summed E-state index contributed by atoms with van der Waals surface area (Å²) in [7, 11) is 0. The third-order valence-corrected chi connectivity index (χ3v) is 6.82. The first-order valence-electron chi connectivity index (χ1n) is 11.3. The summed E-state index contributed by atoms with van der Waals surface area (Å²) in [5, 5.41) is 5.65. The lowest BCUT2D eigenvalue weighted by Gasteiger charge is -2.26. The number of aromatic nitrogens is 3. The molecule has 2 aliphatic rings. The van der Waals surface area contributed by atoms with Gasteiger partial charge in [-0.3, -0.25) is 18.9 Å². The van der Waals surface area contributed by atoms with Gasteiger partial charge < -0.3 is 4.74 Å². The molecule has 2 aromatic carbocycles. The molecule has 2 saturated heterocycles. The van der Waals surface area contributed by atoms with Crippen molar-refractivity contribution in [2.45, 2.75) is 32.0 Å². The molecule has 32 heavy (non-hydrogen) atoms. The summed E-state index contributed by atoms with van der Waals surface area (Å²) in [5.41, 5.74) is 5.10. The van der Waals surface area contributed by atoms with Gasteiger partial charge in [0.15, 0.2) is 0 Å². The predicted octanol–water partition coefficient (Wildman–Crippen LogP) is 3.64. The number of morpholine rings is 1. The fourth-order valence-electron chi connectivity index (χ4n) is 5.00. The summed E-state index contributed by atoms with van der Waals surface area (Å²) >= 11 is 0. The molecule has 4 heterocycles. The smallest absolute Gasteiger partial charge is 0.255 e. The van der Waals surface area contributed by atoms with E-state index >= 15 is 0 Å². The Labute approximate surface area is 186 Å². The van der Waals surface area contributed by atoms with Crippen LogP contribution in [0.25, 0.3) is 27.7 Å². The lowest BCUT2D eigenvalue weighted by molar-refractivity contribution is 0.0291. The van der Waals surface area contributed by atoms with E-state index in [1.54, 1.807) is 10.6 Å². The summed E-state index contributed by atoms with van der Waals surface area (Å²) in [6.45, 7) is 5.81. The van der Waals surface area contributed by atoms with E-state index in [2.05, 4.69) is 51.9 Å². The van der Waals surface area contributed by atoms with Gasteiger partial charge in [0.2, 0.25) is 0 Å². The fourth-order valence-corrected chi connectivity index (χ4v) is 5.00. The van der Waals surface area contributed by atoms with Gasteiger partial charge in [-0.05, 0) is 48.7 Å². The van der Waals surface area contributed by atoms with E-state index in [9.17, 15) is 4.79 Å². The molecule has 6 nitrogen and oxygen atoms in total. The highest BCUT2D eigenvalue weighted by molar-refractivity contribution is 5.81. The molecule has 2 fully saturated rings. The molecule has 6 rings (SSSR count). The average molecular weight is 427 g/mol. The van der Waals surface area contributed by atoms with Crippen molar-refractivity contribution in [1.82, 2.24) is 19.2 Å². The van der Waals surface area contributed by atoms with Crippen LogP contribution in [0.15, 0.2) is 71.8 Å². The second-order valence-electron chi connectivity index (χ2n) is 8.94. The van der Waals surface area contributed by atoms with Crippen LogP contribution < -0.4 is 5.56 Å². The van der Waals surface area contributed by atoms with Crippen LogP contribution in [-0.2, 0) is 11.3 Å². The van der Waals surface area contributed by atoms with Gasteiger partial charge in [0.05, 0.1) is 31.0 Å². The monoisotopic (exact) mass is 426 g/mol. The number of rotatable bonds is 5. The van der Waals surface area contributed by atoms with Crippen molar-refractivity contribution in [3.63, 3.8) is 0 Å². The Balaban J connectivity index is 1.23. The second-order valence-corrected chi connectivity index (χ2v) is 8.94. The molecule has 162 valence electrons. The highest BCUT2D eigenvalue weighted by Crippen LogP contribution is 2.27. The molecule has 4 aromatic rings. The third-order valence-electron chi connectivity index (χ3n) is 6.82. The number of ether oxygens (including phenoxy) is 1. The van der Waals surface area contributed by atoms with Crippen molar-refractivity contribution in [3.05, 3.63) is 82.9 Å². The van der Waals surface area contributed by atoms with E-state index in [-0.39, 0.29) is 5.56 Å². The van der Waals surface area contributed by atoms with E-state index in [4.69, 9.17) is 4.74 Å². The lowest BCUT2D eigenvalue weighted by atomic mass is 10.1. The molecule has 2 atom stereocenters. The standard InChI is InChI=1S/C26H26N4O2/c1-18-2-4-19(5-3-18)20-8-9-29(26(31)13-20)22-6-7-25-21(12-22)15-27-30(25)11-10-28-16-24-14-23(28)17-32-24/h2-9,12-13,15,23-24H,10-11,14,16-17H2,1H3/t23-,24?/m0/s1. The molecule has 1 unspecified atom stereocenters. The summed E-state index contributed by atoms with van der Waals surface area (Å²) in [5.74, 6) is 0. The third kappa shape index (κ3) is 3.45. The topological polar surface area (TPSA) is 52.3 Å². The number of pyridine rings is 1. The zero-order valence-electron chi connectivity index (χ0n) is 18.1. The fraction of sp³-hybridized carbons (Fsp3) is 0.308. The lowest BCUT2D eigenvalue weighted by Crippen LogP contribution is -2.38. The molecular formula is C26H26N4O2. The van der Waals surface area contributed by atoms with E-state index in [0.717, 1.165) is 54.0 Å². The average Bonchev–Trinajstić information content (AvgIpc) is 3.53. The van der Waals surface area contributed by atoms with Gasteiger partial charge in [-0.25, -0.2) is 0 Å². The number of aryl methyl sites for hydroxylation is 1. The van der Waals surface area contributed by atoms with Crippen molar-refractivity contribution in [3.8, 4) is 16.8 Å². The maximum Gasteiger partial charge on any atom is 0.255 e. The minimum atomic E-state index is -0.0406. The quantitative estimate of drug-likeness (QED) is 0.489. The van der Waals surface area contributed by atoms with Crippen LogP contribution in [0.3, 0.4) is 0 Å². The Bertz CT molecular complexity index is 1340. The van der Waals surface area contributed by atoms with Gasteiger partial charge in [-0.1, -0.05) is 29.8 Å². The summed E-state index contributed by atoms with van der Waals surface area (Å²) in [4.78, 5) is 15.4. The normalized spacial score (nSPS) is 20.4. The minimum Gasteiger partial charge on any atom is -0.375 e. The first kappa shape index (κ1) is 19.5. The van der Waals surface area contributed by atoms with E-state index in [1.807, 2.05) is 30.6 Å². The Morgan fingerprint density at radius 2 is 1.91 bits per heavy atom. The Morgan fingerprint density at radius 3 is 2.66 bits per heavy atom. The Hall–Kier alpha value is -3.22. The minimum absolute atomic E-state index is 0.0406. The maximum absolute atomic E-state index is 12.9. The van der Waals surface area contributed by atoms with Crippen LogP contribution in [0.2, 0.25) is 0 Å². The van der Waals surface area contributed by atoms with Crippen LogP contribution in [0, 0.1) is 6.92 Å². The number of likely N-dealkylation sites (tertiary alicyclic amines) is 1. The first-order valence-corrected chi connectivity index (χ1v) is 11.3. The van der Waals surface area contributed by atoms with Crippen LogP contribution in [0.4, 0.5) is 0 Å². The molecule has 0 aliphatic carbocycles. The molecule has 2 aliphatic heterocycles. The summed E-state index contributed by atoms with van der Waals surface area (Å²) < 4.78 is 9.45. The summed E-state index contributed by atoms with van der Waals surface area (Å²) in [6, 6.07) is 18.6. The Kier molecular flexibility index (Phi) is 4.70. The predicted molar refractivity (Wildman–Crippen MR) is 125 cm³/mol. The number of benzene rings is 2. The highest BCUT2D eigenvalue weighted by Gasteiger charge is 2.38. The van der Waals surface area contributed by atoms with Crippen molar-refractivity contribution < 1.29 is 4.74 Å². The SMILES string of the molecule is Cc1ccc(-c2ccn(-c3ccc4c(cnn4CCN4CC5C[C@H]4CO5)c3)c(=O)c2)cc1. The van der Waals surface area contributed by atoms with Gasteiger partial charge in [0.25, 0.3) is 5.56 Å². The first-order chi connectivity index (χ1) is 15.6. The van der Waals surface area contributed by atoms with Crippen LogP contribution >= 0.6 is 0 Å². The molecule has 0 saturated carbocycles. The van der Waals surface area contributed by atoms with Gasteiger partial charge >= 0.3 is 0 Å². The molecule has 0 radical (unpaired) electrons. The molecule has 6 heteroatoms. The Morgan fingerprint density at radius 1 is 1.03 bits per heavy atom. The maximum atomic E-state index is 12.9. The zero-order valence-corrected chi connectivity index (χ0v) is 18.1. The number of hydrogen-bond donors (Lipinski definition) is 0. The van der Waals surface area contributed by atoms with Crippen molar-refractivity contribution in [2.75, 3.05) is 19.7 Å². The van der Waals surface area contributed by atoms with E-state index < -0.39 is 0 Å². The molecule has 2 bridgehead atoms. The van der Waals surface area contributed by atoms with Crippen LogP contribution in [0.1, 0.15) is 12.0 Å². The number of hydrogen-bond acceptors (Lipinski definition) is 4. The molecule has 0 spiro atoms.